The zero-order valence-electron chi connectivity index (χ0n) is 5.13. The molecule has 0 saturated heterocycles. The number of carbonyl (C=O) groups excluding carboxylic acids is 1. The highest BCUT2D eigenvalue weighted by molar-refractivity contribution is 6.18. The fraction of sp³-hybridized carbons (Fsp3) is 0.800. The fourth-order valence-electron chi connectivity index (χ4n) is 0.367. The van der Waals surface area contributed by atoms with Crippen LogP contribution in [-0.4, -0.2) is 24.8 Å². The summed E-state index contributed by atoms with van der Waals surface area (Å²) in [7, 11) is 0. The van der Waals surface area contributed by atoms with Crippen LogP contribution in [0.25, 0.3) is 0 Å². The van der Waals surface area contributed by atoms with Gasteiger partial charge in [-0.1, -0.05) is 0 Å². The highest BCUT2D eigenvalue weighted by atomic mass is 35.5. The monoisotopic (exact) mass is 149 g/mol. The molecule has 0 aliphatic rings. The fourth-order valence-corrected chi connectivity index (χ4v) is 0.526. The maximum Gasteiger partial charge on any atom is 0.237 e. The number of nitrogens with zero attached hydrogens (tertiary/aromatic N) is 1. The van der Waals surface area contributed by atoms with Gasteiger partial charge in [0.1, 0.15) is 0 Å². The number of isocyanates is 1. The first-order valence-corrected chi connectivity index (χ1v) is 3.13. The SMILES string of the molecule is CCOC(CCl)N=C=O. The molecule has 0 aliphatic carbocycles. The van der Waals surface area contributed by atoms with Crippen LogP contribution in [0.15, 0.2) is 4.99 Å². The largest absolute Gasteiger partial charge is 0.355 e. The van der Waals surface area contributed by atoms with E-state index in [4.69, 9.17) is 16.3 Å². The van der Waals surface area contributed by atoms with Crippen LogP contribution in [0.2, 0.25) is 0 Å². The van der Waals surface area contributed by atoms with E-state index in [0.717, 1.165) is 0 Å². The molecule has 0 rings (SSSR count). The first-order valence-electron chi connectivity index (χ1n) is 2.59. The molecular weight excluding hydrogens is 142 g/mol. The summed E-state index contributed by atoms with van der Waals surface area (Å²) in [6.07, 6.45) is 0.850. The Balaban J connectivity index is 3.53. The summed E-state index contributed by atoms with van der Waals surface area (Å²) in [6.45, 7) is 2.31. The van der Waals surface area contributed by atoms with Gasteiger partial charge >= 0.3 is 0 Å². The lowest BCUT2D eigenvalue weighted by Gasteiger charge is -2.03. The number of hydrogen-bond donors (Lipinski definition) is 0. The molecule has 0 aromatic carbocycles. The van der Waals surface area contributed by atoms with Crippen LogP contribution in [0.4, 0.5) is 0 Å². The van der Waals surface area contributed by atoms with Crippen molar-refractivity contribution >= 4 is 17.7 Å². The first-order chi connectivity index (χ1) is 4.35. The Morgan fingerprint density at radius 2 is 2.56 bits per heavy atom. The highest BCUT2D eigenvalue weighted by Crippen LogP contribution is 1.94. The second-order valence-electron chi connectivity index (χ2n) is 1.28. The molecule has 0 fully saturated rings. The number of ether oxygens (including phenoxy) is 1. The molecule has 0 N–H and O–H groups in total. The van der Waals surface area contributed by atoms with Crippen molar-refractivity contribution in [1.82, 2.24) is 0 Å². The zero-order valence-corrected chi connectivity index (χ0v) is 5.89. The summed E-state index contributed by atoms with van der Waals surface area (Å²) in [6, 6.07) is 0. The van der Waals surface area contributed by atoms with E-state index >= 15 is 0 Å². The molecule has 1 unspecified atom stereocenters. The van der Waals surface area contributed by atoms with E-state index in [1.165, 1.54) is 6.08 Å². The molecule has 0 heterocycles. The predicted octanol–water partition coefficient (Wildman–Crippen LogP) is 0.924. The van der Waals surface area contributed by atoms with Crippen LogP contribution < -0.4 is 0 Å². The molecule has 0 radical (unpaired) electrons. The first kappa shape index (κ1) is 8.63. The Hall–Kier alpha value is -0.370. The van der Waals surface area contributed by atoms with E-state index in [0.29, 0.717) is 6.61 Å². The van der Waals surface area contributed by atoms with Crippen molar-refractivity contribution in [3.8, 4) is 0 Å². The van der Waals surface area contributed by atoms with Crippen LogP contribution in [0.3, 0.4) is 0 Å². The van der Waals surface area contributed by atoms with Crippen LogP contribution in [-0.2, 0) is 9.53 Å². The lowest BCUT2D eigenvalue weighted by atomic mass is 10.7. The minimum Gasteiger partial charge on any atom is -0.355 e. The summed E-state index contributed by atoms with van der Waals surface area (Å²) in [5.41, 5.74) is 0. The number of rotatable bonds is 4. The van der Waals surface area contributed by atoms with Gasteiger partial charge in [0, 0.05) is 6.61 Å². The van der Waals surface area contributed by atoms with E-state index < -0.39 is 6.23 Å². The van der Waals surface area contributed by atoms with Crippen molar-refractivity contribution in [2.75, 3.05) is 12.5 Å². The molecule has 0 spiro atoms. The lowest BCUT2D eigenvalue weighted by molar-refractivity contribution is 0.0854. The third-order valence-corrected chi connectivity index (χ3v) is 0.952. The van der Waals surface area contributed by atoms with Gasteiger partial charge in [-0.05, 0) is 6.92 Å². The van der Waals surface area contributed by atoms with Crippen molar-refractivity contribution < 1.29 is 9.53 Å². The van der Waals surface area contributed by atoms with Gasteiger partial charge in [0.05, 0.1) is 5.88 Å². The minimum absolute atomic E-state index is 0.198. The molecule has 52 valence electrons. The van der Waals surface area contributed by atoms with Crippen molar-refractivity contribution in [2.24, 2.45) is 4.99 Å². The lowest BCUT2D eigenvalue weighted by Crippen LogP contribution is -2.10. The minimum atomic E-state index is -0.519. The Labute approximate surface area is 58.7 Å². The van der Waals surface area contributed by atoms with E-state index in [9.17, 15) is 4.79 Å². The maximum atomic E-state index is 9.62. The van der Waals surface area contributed by atoms with Gasteiger partial charge in [0.15, 0.2) is 6.23 Å². The van der Waals surface area contributed by atoms with Gasteiger partial charge in [-0.2, -0.15) is 4.99 Å². The van der Waals surface area contributed by atoms with Crippen LogP contribution in [0.5, 0.6) is 0 Å². The van der Waals surface area contributed by atoms with Crippen molar-refractivity contribution in [1.29, 1.82) is 0 Å². The average molecular weight is 150 g/mol. The average Bonchev–Trinajstić information content (AvgIpc) is 1.88. The third kappa shape index (κ3) is 4.15. The van der Waals surface area contributed by atoms with Crippen LogP contribution in [0.1, 0.15) is 6.92 Å². The Bertz CT molecular complexity index is 112. The molecule has 0 aromatic heterocycles. The van der Waals surface area contributed by atoms with Gasteiger partial charge in [0.25, 0.3) is 0 Å². The molecule has 1 atom stereocenters. The van der Waals surface area contributed by atoms with E-state index in [1.54, 1.807) is 6.92 Å². The molecular formula is C5H8ClNO2. The smallest absolute Gasteiger partial charge is 0.237 e. The second-order valence-corrected chi connectivity index (χ2v) is 1.59. The molecule has 0 aliphatic heterocycles. The molecule has 0 bridgehead atoms. The normalized spacial score (nSPS) is 12.2. The quantitative estimate of drug-likeness (QED) is 0.339. The third-order valence-electron chi connectivity index (χ3n) is 0.688. The number of alkyl halides is 1. The Kier molecular flexibility index (Phi) is 5.52. The van der Waals surface area contributed by atoms with Gasteiger partial charge in [-0.3, -0.25) is 0 Å². The molecule has 3 nitrogen and oxygen atoms in total. The van der Waals surface area contributed by atoms with Gasteiger partial charge in [-0.15, -0.1) is 11.6 Å². The number of halogens is 1. The Morgan fingerprint density at radius 1 is 1.89 bits per heavy atom. The second kappa shape index (κ2) is 5.76. The van der Waals surface area contributed by atoms with E-state index in [1.807, 2.05) is 0 Å². The summed E-state index contributed by atoms with van der Waals surface area (Å²) in [5.74, 6) is 0.198. The number of aliphatic imine (C=N–C) groups is 1. The van der Waals surface area contributed by atoms with Crippen molar-refractivity contribution in [3.63, 3.8) is 0 Å². The summed E-state index contributed by atoms with van der Waals surface area (Å²) < 4.78 is 4.87. The van der Waals surface area contributed by atoms with E-state index in [-0.39, 0.29) is 5.88 Å². The maximum absolute atomic E-state index is 9.62. The highest BCUT2D eigenvalue weighted by Gasteiger charge is 2.00. The molecule has 0 aromatic rings. The van der Waals surface area contributed by atoms with Crippen molar-refractivity contribution in [2.45, 2.75) is 13.2 Å². The van der Waals surface area contributed by atoms with Gasteiger partial charge in [0.2, 0.25) is 6.08 Å². The molecule has 0 amide bonds. The Morgan fingerprint density at radius 3 is 2.89 bits per heavy atom. The predicted molar refractivity (Wildman–Crippen MR) is 34.3 cm³/mol. The van der Waals surface area contributed by atoms with Crippen LogP contribution >= 0.6 is 11.6 Å². The van der Waals surface area contributed by atoms with E-state index in [2.05, 4.69) is 4.99 Å². The zero-order chi connectivity index (χ0) is 7.11. The topological polar surface area (TPSA) is 38.7 Å². The summed E-state index contributed by atoms with van der Waals surface area (Å²) in [4.78, 5) is 12.9. The molecule has 0 saturated carbocycles. The number of hydrogen-bond acceptors (Lipinski definition) is 3. The van der Waals surface area contributed by atoms with Crippen molar-refractivity contribution in [3.05, 3.63) is 0 Å². The van der Waals surface area contributed by atoms with Gasteiger partial charge in [-0.25, -0.2) is 4.79 Å². The molecule has 9 heavy (non-hydrogen) atoms. The molecule has 4 heteroatoms. The van der Waals surface area contributed by atoms with Gasteiger partial charge < -0.3 is 4.74 Å². The standard InChI is InChI=1S/C5H8ClNO2/c1-2-9-5(3-6)7-4-8/h5H,2-3H2,1H3. The summed E-state index contributed by atoms with van der Waals surface area (Å²) in [5, 5.41) is 0. The summed E-state index contributed by atoms with van der Waals surface area (Å²) >= 11 is 5.33. The van der Waals surface area contributed by atoms with Crippen LogP contribution in [0, 0.1) is 0 Å².